The zero-order valence-electron chi connectivity index (χ0n) is 12.4. The first-order chi connectivity index (χ1) is 11.1. The van der Waals surface area contributed by atoms with Crippen LogP contribution in [-0.2, 0) is 0 Å². The Hall–Kier alpha value is -2.12. The van der Waals surface area contributed by atoms with Gasteiger partial charge in [-0.05, 0) is 47.1 Å². The summed E-state index contributed by atoms with van der Waals surface area (Å²) in [6.45, 7) is 1.72. The molecule has 0 unspecified atom stereocenters. The van der Waals surface area contributed by atoms with Crippen LogP contribution >= 0.6 is 27.3 Å². The zero-order valence-corrected chi connectivity index (χ0v) is 14.8. The molecule has 0 saturated carbocycles. The molecule has 3 rings (SSSR count). The lowest BCUT2D eigenvalue weighted by Crippen LogP contribution is -2.13. The van der Waals surface area contributed by atoms with Crippen LogP contribution < -0.4 is 10.1 Å². The van der Waals surface area contributed by atoms with Crippen LogP contribution in [0.25, 0.3) is 10.6 Å². The predicted molar refractivity (Wildman–Crippen MR) is 93.2 cm³/mol. The average Bonchev–Trinajstić information content (AvgIpc) is 3.13. The van der Waals surface area contributed by atoms with Gasteiger partial charge in [0.05, 0.1) is 15.8 Å². The van der Waals surface area contributed by atoms with E-state index in [0.29, 0.717) is 28.5 Å². The fourth-order valence-corrected chi connectivity index (χ4v) is 3.52. The first kappa shape index (κ1) is 15.8. The van der Waals surface area contributed by atoms with Crippen LogP contribution in [0.5, 0.6) is 5.75 Å². The van der Waals surface area contributed by atoms with Gasteiger partial charge in [-0.25, -0.2) is 0 Å². The van der Waals surface area contributed by atoms with Crippen molar-refractivity contribution in [2.24, 2.45) is 0 Å². The van der Waals surface area contributed by atoms with Crippen LogP contribution in [0.4, 0.5) is 5.69 Å². The van der Waals surface area contributed by atoms with Gasteiger partial charge in [0.1, 0.15) is 22.8 Å². The summed E-state index contributed by atoms with van der Waals surface area (Å²) in [7, 11) is 1.58. The molecule has 1 aromatic carbocycles. The van der Waals surface area contributed by atoms with Gasteiger partial charge >= 0.3 is 0 Å². The van der Waals surface area contributed by atoms with Gasteiger partial charge in [0.15, 0.2) is 0 Å². The highest BCUT2D eigenvalue weighted by Gasteiger charge is 2.22. The summed E-state index contributed by atoms with van der Waals surface area (Å²) < 4.78 is 11.3. The van der Waals surface area contributed by atoms with E-state index in [9.17, 15) is 4.79 Å². The standard InChI is InChI=1S/C16H13BrN2O3S/c1-9-14(15(19-22-9)12-6-7-13(17)23-12)16(20)18-10-4-3-5-11(8-10)21-2/h3-8H,1-2H3,(H,18,20). The number of carbonyl (C=O) groups excluding carboxylic acids is 1. The number of methoxy groups -OCH3 is 1. The minimum atomic E-state index is -0.267. The molecule has 0 fully saturated rings. The number of carbonyl (C=O) groups is 1. The number of hydrogen-bond donors (Lipinski definition) is 1. The Kier molecular flexibility index (Phi) is 4.49. The van der Waals surface area contributed by atoms with E-state index >= 15 is 0 Å². The molecule has 0 aliphatic heterocycles. The van der Waals surface area contributed by atoms with Crippen LogP contribution in [-0.4, -0.2) is 18.2 Å². The second-order valence-corrected chi connectivity index (χ2v) is 7.22. The van der Waals surface area contributed by atoms with Crippen LogP contribution in [0.1, 0.15) is 16.1 Å². The highest BCUT2D eigenvalue weighted by molar-refractivity contribution is 9.11. The quantitative estimate of drug-likeness (QED) is 0.696. The van der Waals surface area contributed by atoms with Crippen molar-refractivity contribution in [2.75, 3.05) is 12.4 Å². The van der Waals surface area contributed by atoms with E-state index in [1.807, 2.05) is 24.3 Å². The van der Waals surface area contributed by atoms with Crippen molar-refractivity contribution in [3.63, 3.8) is 0 Å². The Morgan fingerprint density at radius 1 is 1.35 bits per heavy atom. The second kappa shape index (κ2) is 6.55. The molecule has 1 amide bonds. The molecule has 0 spiro atoms. The summed E-state index contributed by atoms with van der Waals surface area (Å²) >= 11 is 4.91. The summed E-state index contributed by atoms with van der Waals surface area (Å²) in [4.78, 5) is 13.5. The van der Waals surface area contributed by atoms with Crippen molar-refractivity contribution in [1.82, 2.24) is 5.16 Å². The SMILES string of the molecule is COc1cccc(NC(=O)c2c(-c3ccc(Br)s3)noc2C)c1. The number of aryl methyl sites for hydroxylation is 1. The summed E-state index contributed by atoms with van der Waals surface area (Å²) in [6, 6.07) is 11.0. The van der Waals surface area contributed by atoms with Crippen molar-refractivity contribution in [3.05, 3.63) is 51.5 Å². The molecule has 23 heavy (non-hydrogen) atoms. The normalized spacial score (nSPS) is 10.6. The minimum Gasteiger partial charge on any atom is -0.497 e. The van der Waals surface area contributed by atoms with Crippen molar-refractivity contribution >= 4 is 38.9 Å². The molecule has 0 saturated heterocycles. The molecule has 1 N–H and O–H groups in total. The number of thiophene rings is 1. The number of anilines is 1. The average molecular weight is 393 g/mol. The molecule has 7 heteroatoms. The Morgan fingerprint density at radius 3 is 2.87 bits per heavy atom. The zero-order chi connectivity index (χ0) is 16.4. The topological polar surface area (TPSA) is 64.4 Å². The first-order valence-corrected chi connectivity index (χ1v) is 8.37. The fourth-order valence-electron chi connectivity index (χ4n) is 2.14. The van der Waals surface area contributed by atoms with Crippen molar-refractivity contribution < 1.29 is 14.1 Å². The van der Waals surface area contributed by atoms with E-state index in [-0.39, 0.29) is 5.91 Å². The molecule has 0 aliphatic carbocycles. The number of nitrogens with zero attached hydrogens (tertiary/aromatic N) is 1. The smallest absolute Gasteiger partial charge is 0.261 e. The van der Waals surface area contributed by atoms with Crippen molar-refractivity contribution in [3.8, 4) is 16.3 Å². The van der Waals surface area contributed by atoms with Gasteiger partial charge < -0.3 is 14.6 Å². The number of ether oxygens (including phenoxy) is 1. The van der Waals surface area contributed by atoms with E-state index < -0.39 is 0 Å². The minimum absolute atomic E-state index is 0.267. The lowest BCUT2D eigenvalue weighted by Gasteiger charge is -2.07. The Morgan fingerprint density at radius 2 is 2.17 bits per heavy atom. The maximum Gasteiger partial charge on any atom is 0.261 e. The third-order valence-corrected chi connectivity index (χ3v) is 4.85. The number of nitrogens with one attached hydrogen (secondary N) is 1. The van der Waals surface area contributed by atoms with Gasteiger partial charge in [0.2, 0.25) is 0 Å². The summed E-state index contributed by atoms with van der Waals surface area (Å²) in [6.07, 6.45) is 0. The largest absolute Gasteiger partial charge is 0.497 e. The Labute approximate surface area is 145 Å². The predicted octanol–water partition coefficient (Wildman–Crippen LogP) is 4.73. The van der Waals surface area contributed by atoms with Crippen LogP contribution in [0.3, 0.4) is 0 Å². The third-order valence-electron chi connectivity index (χ3n) is 3.22. The molecule has 0 atom stereocenters. The molecule has 0 bridgehead atoms. The van der Waals surface area contributed by atoms with Gasteiger partial charge in [-0.2, -0.15) is 0 Å². The Balaban J connectivity index is 1.92. The molecule has 2 heterocycles. The number of aromatic nitrogens is 1. The number of rotatable bonds is 4. The van der Waals surface area contributed by atoms with Crippen molar-refractivity contribution in [1.29, 1.82) is 0 Å². The third kappa shape index (κ3) is 3.30. The molecule has 2 aromatic heterocycles. The van der Waals surface area contributed by atoms with Crippen molar-refractivity contribution in [2.45, 2.75) is 6.92 Å². The number of halogens is 1. The lowest BCUT2D eigenvalue weighted by atomic mass is 10.1. The molecular formula is C16H13BrN2O3S. The number of benzene rings is 1. The summed E-state index contributed by atoms with van der Waals surface area (Å²) in [5, 5.41) is 6.88. The maximum atomic E-state index is 12.6. The highest BCUT2D eigenvalue weighted by Crippen LogP contribution is 2.34. The lowest BCUT2D eigenvalue weighted by molar-refractivity contribution is 0.102. The molecule has 0 radical (unpaired) electrons. The van der Waals surface area contributed by atoms with E-state index in [2.05, 4.69) is 26.4 Å². The fraction of sp³-hybridized carbons (Fsp3) is 0.125. The van der Waals surface area contributed by atoms with Crippen LogP contribution in [0, 0.1) is 6.92 Å². The number of hydrogen-bond acceptors (Lipinski definition) is 5. The van der Waals surface area contributed by atoms with E-state index in [1.165, 1.54) is 11.3 Å². The Bertz CT molecular complexity index is 857. The van der Waals surface area contributed by atoms with Gasteiger partial charge in [-0.3, -0.25) is 4.79 Å². The van der Waals surface area contributed by atoms with Crippen LogP contribution in [0.2, 0.25) is 0 Å². The maximum absolute atomic E-state index is 12.6. The molecule has 5 nitrogen and oxygen atoms in total. The monoisotopic (exact) mass is 392 g/mol. The summed E-state index contributed by atoms with van der Waals surface area (Å²) in [5.74, 6) is 0.883. The van der Waals surface area contributed by atoms with E-state index in [0.717, 1.165) is 8.66 Å². The van der Waals surface area contributed by atoms with Gasteiger partial charge in [-0.15, -0.1) is 11.3 Å². The second-order valence-electron chi connectivity index (χ2n) is 4.75. The molecule has 3 aromatic rings. The summed E-state index contributed by atoms with van der Waals surface area (Å²) in [5.41, 5.74) is 1.62. The van der Waals surface area contributed by atoms with E-state index in [1.54, 1.807) is 26.2 Å². The van der Waals surface area contributed by atoms with Crippen LogP contribution in [0.15, 0.2) is 44.7 Å². The molecule has 118 valence electrons. The molecule has 0 aliphatic rings. The highest BCUT2D eigenvalue weighted by atomic mass is 79.9. The molecular weight excluding hydrogens is 380 g/mol. The van der Waals surface area contributed by atoms with Gasteiger partial charge in [-0.1, -0.05) is 11.2 Å². The van der Waals surface area contributed by atoms with Gasteiger partial charge in [0.25, 0.3) is 5.91 Å². The number of amides is 1. The van der Waals surface area contributed by atoms with E-state index in [4.69, 9.17) is 9.26 Å². The van der Waals surface area contributed by atoms with Gasteiger partial charge in [0, 0.05) is 11.8 Å². The first-order valence-electron chi connectivity index (χ1n) is 6.76.